The molecule has 212 valence electrons. The predicted octanol–water partition coefficient (Wildman–Crippen LogP) is 5.93. The van der Waals surface area contributed by atoms with Crippen molar-refractivity contribution in [1.82, 2.24) is 14.8 Å². The Hall–Kier alpha value is -2.46. The number of benzene rings is 1. The van der Waals surface area contributed by atoms with Crippen LogP contribution in [0, 0.1) is 11.8 Å². The third-order valence-corrected chi connectivity index (χ3v) is 9.53. The predicted molar refractivity (Wildman–Crippen MR) is 143 cm³/mol. The molecule has 2 aromatic rings. The smallest absolute Gasteiger partial charge is 0.422 e. The lowest BCUT2D eigenvalue weighted by atomic mass is 9.78. The van der Waals surface area contributed by atoms with Gasteiger partial charge in [-0.1, -0.05) is 36.3 Å². The fourth-order valence-corrected chi connectivity index (χ4v) is 7.13. The van der Waals surface area contributed by atoms with E-state index < -0.39 is 12.8 Å². The SMILES string of the molecule is CCN1Cc2c(C(=O)CC3CCC(CCN4CCc5nc(OCC(F)(F)F)sc5CC4)CC3)cccc2C1=O. The van der Waals surface area contributed by atoms with Gasteiger partial charge in [0.15, 0.2) is 12.4 Å². The van der Waals surface area contributed by atoms with Crippen LogP contribution in [0.15, 0.2) is 18.2 Å². The zero-order chi connectivity index (χ0) is 27.6. The number of rotatable bonds is 9. The van der Waals surface area contributed by atoms with E-state index >= 15 is 0 Å². The van der Waals surface area contributed by atoms with Crippen molar-refractivity contribution >= 4 is 23.0 Å². The van der Waals surface area contributed by atoms with E-state index in [2.05, 4.69) is 9.88 Å². The summed E-state index contributed by atoms with van der Waals surface area (Å²) >= 11 is 1.24. The average molecular weight is 564 g/mol. The Labute approximate surface area is 231 Å². The molecule has 0 N–H and O–H groups in total. The lowest BCUT2D eigenvalue weighted by Gasteiger charge is -2.30. The Kier molecular flexibility index (Phi) is 8.61. The van der Waals surface area contributed by atoms with Crippen LogP contribution >= 0.6 is 11.3 Å². The van der Waals surface area contributed by atoms with Gasteiger partial charge in [0.25, 0.3) is 11.1 Å². The molecule has 5 rings (SSSR count). The van der Waals surface area contributed by atoms with Crippen molar-refractivity contribution in [2.75, 3.05) is 32.8 Å². The van der Waals surface area contributed by atoms with E-state index in [-0.39, 0.29) is 16.9 Å². The van der Waals surface area contributed by atoms with Gasteiger partial charge in [0.1, 0.15) is 0 Å². The largest absolute Gasteiger partial charge is 0.460 e. The summed E-state index contributed by atoms with van der Waals surface area (Å²) < 4.78 is 42.1. The fourth-order valence-electron chi connectivity index (χ4n) is 6.18. The maximum atomic E-state index is 13.2. The van der Waals surface area contributed by atoms with Crippen LogP contribution in [0.5, 0.6) is 5.19 Å². The molecule has 39 heavy (non-hydrogen) atoms. The molecule has 0 saturated heterocycles. The van der Waals surface area contributed by atoms with Gasteiger partial charge in [-0.2, -0.15) is 13.2 Å². The Morgan fingerprint density at radius 2 is 1.87 bits per heavy atom. The minimum Gasteiger partial charge on any atom is -0.460 e. The number of carbonyl (C=O) groups is 2. The third kappa shape index (κ3) is 6.82. The minimum absolute atomic E-state index is 0.0265. The van der Waals surface area contributed by atoms with Gasteiger partial charge in [-0.05, 0) is 62.6 Å². The molecule has 10 heteroatoms. The Morgan fingerprint density at radius 3 is 2.62 bits per heavy atom. The number of ketones is 1. The van der Waals surface area contributed by atoms with E-state index in [0.717, 1.165) is 86.3 Å². The Bertz CT molecular complexity index is 1160. The van der Waals surface area contributed by atoms with Crippen LogP contribution in [-0.2, 0) is 19.4 Å². The fraction of sp³-hybridized carbons (Fsp3) is 0.621. The summed E-state index contributed by atoms with van der Waals surface area (Å²) in [6.07, 6.45) is 3.26. The molecule has 2 aliphatic heterocycles. The van der Waals surface area contributed by atoms with Crippen molar-refractivity contribution in [3.63, 3.8) is 0 Å². The first-order valence-corrected chi connectivity index (χ1v) is 14.9. The van der Waals surface area contributed by atoms with E-state index in [4.69, 9.17) is 4.74 Å². The normalized spacial score (nSPS) is 21.9. The summed E-state index contributed by atoms with van der Waals surface area (Å²) in [6, 6.07) is 5.55. The van der Waals surface area contributed by atoms with Gasteiger partial charge in [-0.25, -0.2) is 4.98 Å². The van der Waals surface area contributed by atoms with Crippen LogP contribution < -0.4 is 4.74 Å². The molecular formula is C29H36F3N3O3S. The quantitative estimate of drug-likeness (QED) is 0.354. The molecule has 0 unspecified atom stereocenters. The van der Waals surface area contributed by atoms with E-state index in [1.165, 1.54) is 11.3 Å². The summed E-state index contributed by atoms with van der Waals surface area (Å²) in [7, 11) is 0. The molecule has 3 heterocycles. The zero-order valence-corrected chi connectivity index (χ0v) is 23.2. The second-order valence-electron chi connectivity index (χ2n) is 11.0. The number of hydrogen-bond acceptors (Lipinski definition) is 6. The molecule has 0 radical (unpaired) electrons. The topological polar surface area (TPSA) is 62.7 Å². The summed E-state index contributed by atoms with van der Waals surface area (Å²) in [5.41, 5.74) is 3.18. The van der Waals surface area contributed by atoms with Gasteiger partial charge in [-0.3, -0.25) is 9.59 Å². The van der Waals surface area contributed by atoms with Crippen LogP contribution in [0.3, 0.4) is 0 Å². The summed E-state index contributed by atoms with van der Waals surface area (Å²) in [5.74, 6) is 1.25. The second-order valence-corrected chi connectivity index (χ2v) is 12.1. The monoisotopic (exact) mass is 563 g/mol. The number of fused-ring (bicyclic) bond motifs is 2. The van der Waals surface area contributed by atoms with Crippen LogP contribution in [0.2, 0.25) is 0 Å². The molecule has 1 saturated carbocycles. The van der Waals surface area contributed by atoms with Gasteiger partial charge in [0.05, 0.1) is 5.69 Å². The number of carbonyl (C=O) groups excluding carboxylic acids is 2. The van der Waals surface area contributed by atoms with Crippen molar-refractivity contribution in [2.24, 2.45) is 11.8 Å². The number of hydrogen-bond donors (Lipinski definition) is 0. The number of amides is 1. The molecule has 1 aliphatic carbocycles. The Morgan fingerprint density at radius 1 is 1.13 bits per heavy atom. The number of nitrogens with zero attached hydrogens (tertiary/aromatic N) is 3. The Balaban J connectivity index is 1.04. The van der Waals surface area contributed by atoms with Gasteiger partial charge in [0.2, 0.25) is 0 Å². The summed E-state index contributed by atoms with van der Waals surface area (Å²) in [6.45, 7) is 4.61. The van der Waals surface area contributed by atoms with Crippen molar-refractivity contribution in [1.29, 1.82) is 0 Å². The minimum atomic E-state index is -4.35. The van der Waals surface area contributed by atoms with Crippen LogP contribution in [0.1, 0.15) is 82.3 Å². The third-order valence-electron chi connectivity index (χ3n) is 8.46. The molecule has 1 aromatic heterocycles. The zero-order valence-electron chi connectivity index (χ0n) is 22.4. The first kappa shape index (κ1) is 28.1. The molecule has 0 atom stereocenters. The van der Waals surface area contributed by atoms with Crippen molar-refractivity contribution in [3.05, 3.63) is 45.5 Å². The van der Waals surface area contributed by atoms with Crippen LogP contribution in [0.4, 0.5) is 13.2 Å². The number of alkyl halides is 3. The average Bonchev–Trinajstić information content (AvgIpc) is 3.41. The van der Waals surface area contributed by atoms with Crippen molar-refractivity contribution < 1.29 is 27.5 Å². The number of Topliss-reactive ketones (excluding diaryl/α,β-unsaturated/α-hetero) is 1. The first-order chi connectivity index (χ1) is 18.7. The molecule has 0 spiro atoms. The van der Waals surface area contributed by atoms with Gasteiger partial charge in [0, 0.05) is 55.0 Å². The van der Waals surface area contributed by atoms with Crippen molar-refractivity contribution in [3.8, 4) is 5.19 Å². The maximum Gasteiger partial charge on any atom is 0.422 e. The standard InChI is InChI=1S/C29H36F3N3O3S/c1-2-35-17-23-21(4-3-5-22(23)27(35)37)25(36)16-20-8-6-19(7-9-20)10-13-34-14-11-24-26(12-15-34)39-28(33-24)38-18-29(30,31)32/h3-5,19-20H,2,6-18H2,1H3. The summed E-state index contributed by atoms with van der Waals surface area (Å²) in [5, 5.41) is 0.120. The maximum absolute atomic E-state index is 13.2. The lowest BCUT2D eigenvalue weighted by molar-refractivity contribution is -0.153. The molecule has 6 nitrogen and oxygen atoms in total. The highest BCUT2D eigenvalue weighted by molar-refractivity contribution is 7.13. The van der Waals surface area contributed by atoms with Gasteiger partial charge >= 0.3 is 6.18 Å². The van der Waals surface area contributed by atoms with E-state index in [1.54, 1.807) is 4.90 Å². The van der Waals surface area contributed by atoms with E-state index in [0.29, 0.717) is 36.9 Å². The van der Waals surface area contributed by atoms with Gasteiger partial charge in [-0.15, -0.1) is 0 Å². The van der Waals surface area contributed by atoms with E-state index in [9.17, 15) is 22.8 Å². The van der Waals surface area contributed by atoms with Crippen LogP contribution in [0.25, 0.3) is 0 Å². The molecule has 1 amide bonds. The molecule has 1 aromatic carbocycles. The number of ether oxygens (including phenoxy) is 1. The molecule has 3 aliphatic rings. The van der Waals surface area contributed by atoms with Crippen molar-refractivity contribution in [2.45, 2.75) is 71.0 Å². The number of thiazole rings is 1. The van der Waals surface area contributed by atoms with Crippen LogP contribution in [-0.4, -0.2) is 65.4 Å². The summed E-state index contributed by atoms with van der Waals surface area (Å²) in [4.78, 5) is 35.3. The highest BCUT2D eigenvalue weighted by atomic mass is 32.1. The van der Waals surface area contributed by atoms with E-state index in [1.807, 2.05) is 25.1 Å². The molecule has 0 bridgehead atoms. The molecule has 1 fully saturated rings. The number of aromatic nitrogens is 1. The highest BCUT2D eigenvalue weighted by Gasteiger charge is 2.32. The molecular weight excluding hydrogens is 527 g/mol. The highest BCUT2D eigenvalue weighted by Crippen LogP contribution is 2.35. The lowest BCUT2D eigenvalue weighted by Crippen LogP contribution is -2.30. The van der Waals surface area contributed by atoms with Gasteiger partial charge < -0.3 is 14.5 Å². The second kappa shape index (κ2) is 12.0. The first-order valence-electron chi connectivity index (χ1n) is 14.0. The number of halogens is 3.